The van der Waals surface area contributed by atoms with Crippen LogP contribution in [0, 0.1) is 6.92 Å². The van der Waals surface area contributed by atoms with Crippen molar-refractivity contribution in [3.8, 4) is 17.1 Å². The Balaban J connectivity index is 1.67. The minimum Gasteiger partial charge on any atom is -0.473 e. The second kappa shape index (κ2) is 8.74. The molecule has 0 unspecified atom stereocenters. The number of hydrogen-bond donors (Lipinski definition) is 1. The number of aryl methyl sites for hydroxylation is 1. The number of nitrogens with zero attached hydrogens (tertiary/aromatic N) is 2. The molecule has 2 aromatic heterocycles. The average Bonchev–Trinajstić information content (AvgIpc) is 3.07. The Hall–Kier alpha value is -3.07. The fourth-order valence-electron chi connectivity index (χ4n) is 2.50. The highest BCUT2D eigenvalue weighted by atomic mass is 35.5. The van der Waals surface area contributed by atoms with Gasteiger partial charge in [-0.15, -0.1) is 0 Å². The third-order valence-electron chi connectivity index (χ3n) is 4.30. The van der Waals surface area contributed by atoms with Gasteiger partial charge in [-0.3, -0.25) is 4.79 Å². The number of rotatable bonds is 6. The van der Waals surface area contributed by atoms with E-state index >= 15 is 0 Å². The molecule has 0 bridgehead atoms. The Bertz CT molecular complexity index is 1020. The lowest BCUT2D eigenvalue weighted by Gasteiger charge is -2.17. The first-order chi connectivity index (χ1) is 14.1. The third kappa shape index (κ3) is 5.10. The van der Waals surface area contributed by atoms with Gasteiger partial charge in [-0.25, -0.2) is 4.98 Å². The predicted octanol–water partition coefficient (Wildman–Crippen LogP) is 4.96. The van der Waals surface area contributed by atoms with Crippen LogP contribution in [0.3, 0.4) is 0 Å². The second-order valence-corrected chi connectivity index (χ2v) is 6.92. The Labute approximate surface area is 175 Å². The van der Waals surface area contributed by atoms with Gasteiger partial charge in [0, 0.05) is 22.8 Å². The number of amides is 1. The van der Waals surface area contributed by atoms with E-state index in [2.05, 4.69) is 10.1 Å². The van der Waals surface area contributed by atoms with Crippen molar-refractivity contribution in [2.24, 2.45) is 0 Å². The molecule has 1 atom stereocenters. The van der Waals surface area contributed by atoms with Crippen molar-refractivity contribution in [2.45, 2.75) is 32.7 Å². The number of benzene rings is 1. The maximum Gasteiger partial charge on any atom is 0.408 e. The van der Waals surface area contributed by atoms with Gasteiger partial charge >= 0.3 is 6.18 Å². The van der Waals surface area contributed by atoms with E-state index in [4.69, 9.17) is 20.9 Å². The molecule has 1 N–H and O–H groups in total. The molecular weight excluding hydrogens is 423 g/mol. The lowest BCUT2D eigenvalue weighted by atomic mass is 10.1. The van der Waals surface area contributed by atoms with Crippen LogP contribution in [0.5, 0.6) is 5.88 Å². The van der Waals surface area contributed by atoms with Gasteiger partial charge in [-0.2, -0.15) is 13.2 Å². The Kier molecular flexibility index (Phi) is 6.31. The zero-order valence-electron chi connectivity index (χ0n) is 16.0. The number of halogens is 4. The van der Waals surface area contributed by atoms with E-state index in [0.717, 1.165) is 18.7 Å². The van der Waals surface area contributed by atoms with Crippen molar-refractivity contribution >= 4 is 17.5 Å². The summed E-state index contributed by atoms with van der Waals surface area (Å²) in [6.45, 7) is 2.70. The summed E-state index contributed by atoms with van der Waals surface area (Å²) in [7, 11) is 0. The molecule has 0 aliphatic carbocycles. The van der Waals surface area contributed by atoms with Gasteiger partial charge in [0.15, 0.2) is 0 Å². The molecule has 10 heteroatoms. The predicted molar refractivity (Wildman–Crippen MR) is 103 cm³/mol. The monoisotopic (exact) mass is 439 g/mol. The molecule has 30 heavy (non-hydrogen) atoms. The third-order valence-corrected chi connectivity index (χ3v) is 4.56. The quantitative estimate of drug-likeness (QED) is 0.587. The highest BCUT2D eigenvalue weighted by Crippen LogP contribution is 2.27. The van der Waals surface area contributed by atoms with Crippen molar-refractivity contribution in [2.75, 3.05) is 0 Å². The maximum absolute atomic E-state index is 12.6. The fourth-order valence-corrected chi connectivity index (χ4v) is 2.63. The number of carbonyl (C=O) groups is 1. The van der Waals surface area contributed by atoms with Gasteiger partial charge in [-0.05, 0) is 32.0 Å². The number of nitrogens with one attached hydrogen (secondary N) is 1. The first-order valence-electron chi connectivity index (χ1n) is 8.82. The van der Waals surface area contributed by atoms with E-state index in [1.807, 2.05) is 5.32 Å². The lowest BCUT2D eigenvalue weighted by molar-refractivity contribution is -0.149. The molecule has 158 valence electrons. The minimum absolute atomic E-state index is 0.0125. The largest absolute Gasteiger partial charge is 0.473 e. The van der Waals surface area contributed by atoms with Crippen molar-refractivity contribution in [3.63, 3.8) is 0 Å². The zero-order valence-corrected chi connectivity index (χ0v) is 16.7. The second-order valence-electron chi connectivity index (χ2n) is 6.48. The number of hydrogen-bond acceptors (Lipinski definition) is 5. The van der Waals surface area contributed by atoms with E-state index in [0.29, 0.717) is 22.0 Å². The normalized spacial score (nSPS) is 12.5. The van der Waals surface area contributed by atoms with Crippen LogP contribution in [0.4, 0.5) is 13.2 Å². The van der Waals surface area contributed by atoms with E-state index in [1.165, 1.54) is 12.1 Å². The first kappa shape index (κ1) is 21.6. The Morgan fingerprint density at radius 2 is 1.93 bits per heavy atom. The number of alkyl halides is 3. The van der Waals surface area contributed by atoms with Gasteiger partial charge in [0.05, 0.1) is 11.1 Å². The Morgan fingerprint density at radius 1 is 1.23 bits per heavy atom. The van der Waals surface area contributed by atoms with Crippen molar-refractivity contribution in [1.82, 2.24) is 15.5 Å². The van der Waals surface area contributed by atoms with Crippen LogP contribution in [0.15, 0.2) is 47.1 Å². The maximum atomic E-state index is 12.6. The van der Waals surface area contributed by atoms with Crippen molar-refractivity contribution in [3.05, 3.63) is 64.5 Å². The van der Waals surface area contributed by atoms with Crippen LogP contribution < -0.4 is 10.1 Å². The van der Waals surface area contributed by atoms with Gasteiger partial charge in [0.2, 0.25) is 5.88 Å². The molecule has 0 radical (unpaired) electrons. The summed E-state index contributed by atoms with van der Waals surface area (Å²) in [5.74, 6) is -0.117. The summed E-state index contributed by atoms with van der Waals surface area (Å²) < 4.78 is 48.6. The number of pyridine rings is 1. The summed E-state index contributed by atoms with van der Waals surface area (Å²) in [6.07, 6.45) is -3.38. The van der Waals surface area contributed by atoms with E-state index in [-0.39, 0.29) is 18.1 Å². The minimum atomic E-state index is -4.52. The van der Waals surface area contributed by atoms with Crippen LogP contribution in [0.25, 0.3) is 11.3 Å². The van der Waals surface area contributed by atoms with Crippen LogP contribution in [-0.2, 0) is 6.61 Å². The highest BCUT2D eigenvalue weighted by molar-refractivity contribution is 6.30. The molecular formula is C20H17ClF3N3O3. The summed E-state index contributed by atoms with van der Waals surface area (Å²) in [5, 5.41) is 6.51. The Morgan fingerprint density at radius 3 is 2.53 bits per heavy atom. The topological polar surface area (TPSA) is 77.2 Å². The molecule has 3 aromatic rings. The average molecular weight is 440 g/mol. The lowest BCUT2D eigenvalue weighted by Crippen LogP contribution is -2.43. The van der Waals surface area contributed by atoms with Crippen molar-refractivity contribution in [1.29, 1.82) is 0 Å². The summed E-state index contributed by atoms with van der Waals surface area (Å²) in [5.41, 5.74) is 2.09. The molecule has 3 rings (SSSR count). The zero-order chi connectivity index (χ0) is 21.9. The van der Waals surface area contributed by atoms with E-state index in [1.54, 1.807) is 31.2 Å². The first-order valence-corrected chi connectivity index (χ1v) is 9.20. The van der Waals surface area contributed by atoms with Gasteiger partial charge < -0.3 is 14.6 Å². The van der Waals surface area contributed by atoms with Crippen LogP contribution in [0.1, 0.15) is 28.6 Å². The number of aromatic nitrogens is 2. The smallest absolute Gasteiger partial charge is 0.408 e. The molecule has 0 fully saturated rings. The molecule has 6 nitrogen and oxygen atoms in total. The van der Waals surface area contributed by atoms with E-state index < -0.39 is 18.1 Å². The van der Waals surface area contributed by atoms with E-state index in [9.17, 15) is 18.0 Å². The summed E-state index contributed by atoms with van der Waals surface area (Å²) in [6, 6.07) is 7.84. The molecule has 1 amide bonds. The van der Waals surface area contributed by atoms with Crippen LogP contribution >= 0.6 is 11.6 Å². The van der Waals surface area contributed by atoms with Gasteiger partial charge in [0.25, 0.3) is 5.91 Å². The van der Waals surface area contributed by atoms with Crippen LogP contribution in [0.2, 0.25) is 5.02 Å². The fraction of sp³-hybridized carbons (Fsp3) is 0.250. The molecule has 0 saturated heterocycles. The molecule has 0 saturated carbocycles. The van der Waals surface area contributed by atoms with Gasteiger partial charge in [-0.1, -0.05) is 28.9 Å². The molecule has 1 aromatic carbocycles. The summed E-state index contributed by atoms with van der Waals surface area (Å²) >= 11 is 5.91. The molecule has 0 aliphatic rings. The molecule has 0 spiro atoms. The SMILES string of the molecule is Cc1onc(-c2ccc(Cl)cc2)c1COc1ccc(C(=O)N[C@@H](C)C(F)(F)F)cn1. The van der Waals surface area contributed by atoms with Crippen LogP contribution in [-0.4, -0.2) is 28.3 Å². The van der Waals surface area contributed by atoms with Gasteiger partial charge in [0.1, 0.15) is 24.1 Å². The number of ether oxygens (including phenoxy) is 1. The summed E-state index contributed by atoms with van der Waals surface area (Å²) in [4.78, 5) is 15.9. The standard InChI is InChI=1S/C20H17ClF3N3O3/c1-11-16(18(27-30-11)13-3-6-15(21)7-4-13)10-29-17-8-5-14(9-25-17)19(28)26-12(2)20(22,23)24/h3-9,12H,10H2,1-2H3,(H,26,28)/t12-/m0/s1. The highest BCUT2D eigenvalue weighted by Gasteiger charge is 2.37. The molecule has 2 heterocycles. The van der Waals surface area contributed by atoms with Crippen molar-refractivity contribution < 1.29 is 27.2 Å². The molecule has 0 aliphatic heterocycles. The number of carbonyl (C=O) groups excluding carboxylic acids is 1.